The Balaban J connectivity index is 0.000000192. The van der Waals surface area contributed by atoms with Crippen molar-refractivity contribution in [3.8, 4) is 22.5 Å². The second-order valence-electron chi connectivity index (χ2n) is 17.3. The van der Waals surface area contributed by atoms with Crippen molar-refractivity contribution in [1.82, 2.24) is 15.0 Å². The Hall–Kier alpha value is -3.44. The first kappa shape index (κ1) is 41.2. The largest absolute Gasteiger partial charge is 0.486 e. The quantitative estimate of drug-likeness (QED) is 0.107. The van der Waals surface area contributed by atoms with E-state index >= 15 is 0 Å². The normalized spacial score (nSPS) is 15.7. The summed E-state index contributed by atoms with van der Waals surface area (Å²) < 4.78 is 6.37. The number of rotatable bonds is 9. The van der Waals surface area contributed by atoms with Crippen LogP contribution in [0.25, 0.3) is 44.6 Å². The van der Waals surface area contributed by atoms with Crippen molar-refractivity contribution >= 4 is 35.3 Å². The Kier molecular flexibility index (Phi) is 13.6. The molecule has 291 valence electrons. The van der Waals surface area contributed by atoms with E-state index in [1.807, 2.05) is 24.4 Å². The standard InChI is InChI=1S/C28H31N2O.C21H28NSi.Ir/c1-4-28(3,5-2)20-16-17-29-25(18-20)23-13-9-12-21-22-14-15-24(19-10-7-6-8-11-19)30-27(22)31-26(21)23;1-23(2,3)21-16-22-20(18-12-8-5-9-13-18)15-19(21)14-17-10-6-4-7-11-17;/h9,12,14-19H,4-8,10-11H2,1-3H3;5,8-9,12,15-17H,4,6-7,10-11,14H2,1-3H3;/q2*-1;. The fraction of sp³-hybridized carbons (Fsp3) is 0.449. The van der Waals surface area contributed by atoms with Gasteiger partial charge in [-0.1, -0.05) is 120 Å². The molecule has 0 atom stereocenters. The van der Waals surface area contributed by atoms with Crippen LogP contribution >= 0.6 is 0 Å². The van der Waals surface area contributed by atoms with Crippen molar-refractivity contribution in [3.05, 3.63) is 108 Å². The van der Waals surface area contributed by atoms with Crippen LogP contribution in [0.4, 0.5) is 0 Å². The number of nitrogens with zero attached hydrogens (tertiary/aromatic N) is 3. The molecular weight excluding hydrogens is 867 g/mol. The Labute approximate surface area is 344 Å². The molecule has 6 aromatic rings. The Morgan fingerprint density at radius 2 is 1.53 bits per heavy atom. The van der Waals surface area contributed by atoms with Crippen molar-refractivity contribution in [3.63, 3.8) is 0 Å². The van der Waals surface area contributed by atoms with Crippen molar-refractivity contribution in [2.75, 3.05) is 0 Å². The van der Waals surface area contributed by atoms with Crippen LogP contribution in [-0.4, -0.2) is 23.0 Å². The summed E-state index contributed by atoms with van der Waals surface area (Å²) in [5.74, 6) is 1.44. The fourth-order valence-corrected chi connectivity index (χ4v) is 10.4. The van der Waals surface area contributed by atoms with Gasteiger partial charge in [-0.15, -0.1) is 54.1 Å². The van der Waals surface area contributed by atoms with Gasteiger partial charge in [-0.2, -0.15) is 0 Å². The first-order valence-electron chi connectivity index (χ1n) is 20.8. The van der Waals surface area contributed by atoms with Gasteiger partial charge >= 0.3 is 0 Å². The van der Waals surface area contributed by atoms with Crippen LogP contribution in [0.1, 0.15) is 121 Å². The molecular formula is C49H59IrN3OSi-2. The maximum atomic E-state index is 6.37. The summed E-state index contributed by atoms with van der Waals surface area (Å²) in [5.41, 5.74) is 9.81. The molecule has 4 nitrogen and oxygen atoms in total. The summed E-state index contributed by atoms with van der Waals surface area (Å²) >= 11 is 0. The van der Waals surface area contributed by atoms with E-state index in [0.717, 1.165) is 63.3 Å². The number of pyridine rings is 3. The average molecular weight is 926 g/mol. The van der Waals surface area contributed by atoms with Crippen LogP contribution in [0, 0.1) is 18.1 Å². The number of hydrogen-bond acceptors (Lipinski definition) is 4. The fourth-order valence-electron chi connectivity index (χ4n) is 8.80. The molecule has 0 saturated heterocycles. The Morgan fingerprint density at radius 3 is 2.22 bits per heavy atom. The zero-order valence-electron chi connectivity index (χ0n) is 33.9. The summed E-state index contributed by atoms with van der Waals surface area (Å²) in [6.07, 6.45) is 21.0. The topological polar surface area (TPSA) is 51.8 Å². The van der Waals surface area contributed by atoms with Gasteiger partial charge in [-0.25, -0.2) is 4.98 Å². The van der Waals surface area contributed by atoms with E-state index in [0.29, 0.717) is 5.92 Å². The minimum atomic E-state index is -1.36. The van der Waals surface area contributed by atoms with Gasteiger partial charge in [-0.3, -0.25) is 0 Å². The summed E-state index contributed by atoms with van der Waals surface area (Å²) in [6.45, 7) is 14.1. The van der Waals surface area contributed by atoms with Crippen molar-refractivity contribution in [2.45, 2.75) is 135 Å². The number of hydrogen-bond donors (Lipinski definition) is 0. The summed E-state index contributed by atoms with van der Waals surface area (Å²) in [4.78, 5) is 14.4. The molecule has 2 saturated carbocycles. The first-order valence-corrected chi connectivity index (χ1v) is 24.3. The zero-order valence-corrected chi connectivity index (χ0v) is 37.3. The van der Waals surface area contributed by atoms with E-state index in [9.17, 15) is 0 Å². The monoisotopic (exact) mass is 926 g/mol. The second kappa shape index (κ2) is 18.2. The molecule has 0 unspecified atom stereocenters. The predicted octanol–water partition coefficient (Wildman–Crippen LogP) is 13.2. The molecule has 2 aliphatic carbocycles. The van der Waals surface area contributed by atoms with Crippen LogP contribution in [0.2, 0.25) is 19.6 Å². The maximum Gasteiger partial charge on any atom is 0.216 e. The smallest absolute Gasteiger partial charge is 0.216 e. The Morgan fingerprint density at radius 1 is 0.782 bits per heavy atom. The van der Waals surface area contributed by atoms with Crippen LogP contribution in [0.5, 0.6) is 0 Å². The van der Waals surface area contributed by atoms with Gasteiger partial charge in [0.25, 0.3) is 0 Å². The van der Waals surface area contributed by atoms with E-state index in [-0.39, 0.29) is 25.5 Å². The molecule has 2 fully saturated rings. The third-order valence-electron chi connectivity index (χ3n) is 12.6. The predicted molar refractivity (Wildman–Crippen MR) is 229 cm³/mol. The molecule has 55 heavy (non-hydrogen) atoms. The molecule has 0 aliphatic heterocycles. The molecule has 6 heteroatoms. The minimum absolute atomic E-state index is 0. The van der Waals surface area contributed by atoms with Gasteiger partial charge in [0.05, 0.1) is 13.7 Å². The molecule has 1 radical (unpaired) electrons. The van der Waals surface area contributed by atoms with Gasteiger partial charge < -0.3 is 14.4 Å². The van der Waals surface area contributed by atoms with E-state index in [4.69, 9.17) is 19.4 Å². The molecule has 0 spiro atoms. The van der Waals surface area contributed by atoms with Crippen molar-refractivity contribution < 1.29 is 24.5 Å². The first-order chi connectivity index (χ1) is 26.2. The molecule has 4 heterocycles. The molecule has 0 bridgehead atoms. The number of aromatic nitrogens is 3. The molecule has 0 N–H and O–H groups in total. The molecule has 0 amide bonds. The second-order valence-corrected chi connectivity index (χ2v) is 22.3. The molecule has 2 aromatic carbocycles. The zero-order chi connectivity index (χ0) is 37.7. The SMILES string of the molecule is CCC(C)(CC)c1ccnc(-c2[c-]ccc3c2oc2nc(C4CCCCC4)ccc23)c1.C[Si](C)(C)c1cnc(-c2[c-]cccc2)cc1CC1CCCCC1.[Ir]. The summed E-state index contributed by atoms with van der Waals surface area (Å²) in [5, 5.41) is 3.71. The Bertz CT molecular complexity index is 2150. The molecule has 8 rings (SSSR count). The minimum Gasteiger partial charge on any atom is -0.486 e. The van der Waals surface area contributed by atoms with Crippen LogP contribution < -0.4 is 5.19 Å². The van der Waals surface area contributed by atoms with Crippen molar-refractivity contribution in [1.29, 1.82) is 0 Å². The van der Waals surface area contributed by atoms with E-state index < -0.39 is 8.07 Å². The number of fused-ring (bicyclic) bond motifs is 3. The van der Waals surface area contributed by atoms with Gasteiger partial charge in [0, 0.05) is 49.5 Å². The third kappa shape index (κ3) is 9.41. The van der Waals surface area contributed by atoms with Gasteiger partial charge in [-0.05, 0) is 83.8 Å². The van der Waals surface area contributed by atoms with E-state index in [1.165, 1.54) is 81.9 Å². The number of furan rings is 1. The molecule has 2 aliphatic rings. The third-order valence-corrected chi connectivity index (χ3v) is 14.7. The van der Waals surface area contributed by atoms with Crippen LogP contribution in [0.3, 0.4) is 0 Å². The average Bonchev–Trinajstić information content (AvgIpc) is 3.60. The van der Waals surface area contributed by atoms with E-state index in [2.05, 4.69) is 107 Å². The maximum absolute atomic E-state index is 6.37. The van der Waals surface area contributed by atoms with Gasteiger partial charge in [0.1, 0.15) is 0 Å². The molecule has 4 aromatic heterocycles. The van der Waals surface area contributed by atoms with Crippen molar-refractivity contribution in [2.24, 2.45) is 5.92 Å². The van der Waals surface area contributed by atoms with Gasteiger partial charge in [0.2, 0.25) is 5.71 Å². The van der Waals surface area contributed by atoms with Gasteiger partial charge in [0.15, 0.2) is 0 Å². The summed E-state index contributed by atoms with van der Waals surface area (Å²) in [6, 6.07) is 30.1. The summed E-state index contributed by atoms with van der Waals surface area (Å²) in [7, 11) is -1.36. The van der Waals surface area contributed by atoms with Crippen LogP contribution in [-0.2, 0) is 31.9 Å². The number of benzene rings is 2. The van der Waals surface area contributed by atoms with E-state index in [1.54, 1.807) is 10.8 Å². The van der Waals surface area contributed by atoms with Crippen LogP contribution in [0.15, 0.2) is 83.5 Å².